The smallest absolute Gasteiger partial charge is 0.483 e. The van der Waals surface area contributed by atoms with Crippen molar-refractivity contribution in [2.24, 2.45) is 0 Å². The first kappa shape index (κ1) is 7.56. The minimum Gasteiger partial charge on any atom is -0.483 e. The van der Waals surface area contributed by atoms with Gasteiger partial charge in [-0.3, -0.25) is 0 Å². The maximum atomic E-state index is 5.38. The maximum Gasteiger partial charge on any atom is 0.832 e. The van der Waals surface area contributed by atoms with Crippen LogP contribution in [0.4, 0.5) is 0 Å². The quantitative estimate of drug-likeness (QED) is 0.563. The molecule has 0 aliphatic carbocycles. The van der Waals surface area contributed by atoms with Crippen LogP contribution in [0.15, 0.2) is 42.7 Å². The zero-order chi connectivity index (χ0) is 9.38. The first-order chi connectivity index (χ1) is 6.95. The molecule has 4 heteroatoms. The lowest BCUT2D eigenvalue weighted by molar-refractivity contribution is -0.528. The van der Waals surface area contributed by atoms with Crippen molar-refractivity contribution in [3.05, 3.63) is 42.7 Å². The molecular formula is C10H7BN2O+. The summed E-state index contributed by atoms with van der Waals surface area (Å²) in [6, 6.07) is 9.91. The van der Waals surface area contributed by atoms with Crippen LogP contribution in [-0.2, 0) is 0 Å². The predicted octanol–water partition coefficient (Wildman–Crippen LogP) is 0.811. The van der Waals surface area contributed by atoms with E-state index in [1.165, 1.54) is 0 Å². The van der Waals surface area contributed by atoms with Gasteiger partial charge in [-0.1, -0.05) is 0 Å². The van der Waals surface area contributed by atoms with E-state index >= 15 is 0 Å². The second-order valence-corrected chi connectivity index (χ2v) is 3.07. The van der Waals surface area contributed by atoms with Crippen molar-refractivity contribution < 1.29 is 9.13 Å². The lowest BCUT2D eigenvalue weighted by atomic mass is 10.1. The average molecular weight is 182 g/mol. The van der Waals surface area contributed by atoms with Crippen LogP contribution in [0.2, 0.25) is 0 Å². The van der Waals surface area contributed by atoms with E-state index in [1.807, 2.05) is 41.0 Å². The number of hydrogen-bond donors (Lipinski definition) is 0. The van der Waals surface area contributed by atoms with Crippen molar-refractivity contribution in [3.63, 3.8) is 0 Å². The Bertz CT molecular complexity index is 442. The predicted molar refractivity (Wildman–Crippen MR) is 51.6 cm³/mol. The Balaban J connectivity index is 2.29. The van der Waals surface area contributed by atoms with Crippen molar-refractivity contribution in [1.82, 2.24) is 4.98 Å². The molecule has 1 aliphatic rings. The summed E-state index contributed by atoms with van der Waals surface area (Å²) in [4.78, 5) is 4.15. The molecule has 0 unspecified atom stereocenters. The number of rotatable bonds is 0. The molecule has 1 aliphatic heterocycles. The number of pyridine rings is 2. The monoisotopic (exact) mass is 182 g/mol. The second kappa shape index (κ2) is 2.84. The van der Waals surface area contributed by atoms with Crippen LogP contribution in [0.3, 0.4) is 0 Å². The van der Waals surface area contributed by atoms with Crippen LogP contribution >= 0.6 is 0 Å². The molecular weight excluding hydrogens is 175 g/mol. The number of fused-ring (bicyclic) bond motifs is 3. The summed E-state index contributed by atoms with van der Waals surface area (Å²) in [7, 11) is 1.66. The molecule has 2 aromatic heterocycles. The van der Waals surface area contributed by atoms with Crippen molar-refractivity contribution in [2.75, 3.05) is 0 Å². The molecule has 3 nitrogen and oxygen atoms in total. The van der Waals surface area contributed by atoms with Crippen molar-refractivity contribution in [2.45, 2.75) is 0 Å². The zero-order valence-electron chi connectivity index (χ0n) is 7.42. The fourth-order valence-corrected chi connectivity index (χ4v) is 1.56. The number of nitrogens with zero attached hydrogens (tertiary/aromatic N) is 2. The summed E-state index contributed by atoms with van der Waals surface area (Å²) in [5.74, 6) is 0.665. The molecule has 0 spiro atoms. The molecule has 0 amide bonds. The van der Waals surface area contributed by atoms with Crippen LogP contribution in [0, 0.1) is 0 Å². The molecule has 0 bridgehead atoms. The van der Waals surface area contributed by atoms with E-state index in [4.69, 9.17) is 4.65 Å². The van der Waals surface area contributed by atoms with Crippen LogP contribution in [-0.4, -0.2) is 12.6 Å². The normalized spacial score (nSPS) is 12.0. The molecule has 0 N–H and O–H groups in total. The van der Waals surface area contributed by atoms with Crippen LogP contribution < -0.4 is 9.13 Å². The van der Waals surface area contributed by atoms with Gasteiger partial charge in [0.1, 0.15) is 11.8 Å². The summed E-state index contributed by atoms with van der Waals surface area (Å²) < 4.78 is 7.31. The molecule has 0 atom stereocenters. The highest BCUT2D eigenvalue weighted by molar-refractivity contribution is 6.18. The number of aromatic nitrogens is 2. The van der Waals surface area contributed by atoms with Crippen LogP contribution in [0.5, 0.6) is 5.88 Å². The molecule has 0 fully saturated rings. The zero-order valence-corrected chi connectivity index (χ0v) is 7.42. The lowest BCUT2D eigenvalue weighted by Crippen LogP contribution is -2.47. The maximum absolute atomic E-state index is 5.38. The van der Waals surface area contributed by atoms with Gasteiger partial charge in [-0.2, -0.15) is 0 Å². The van der Waals surface area contributed by atoms with Gasteiger partial charge in [0.2, 0.25) is 5.88 Å². The van der Waals surface area contributed by atoms with Crippen molar-refractivity contribution >= 4 is 7.62 Å². The molecule has 2 aromatic rings. The third kappa shape index (κ3) is 1.00. The average Bonchev–Trinajstić information content (AvgIpc) is 2.29. The molecule has 65 valence electrons. The first-order valence-electron chi connectivity index (χ1n) is 4.41. The lowest BCUT2D eigenvalue weighted by Gasteiger charge is -2.11. The Labute approximate surface area is 82.3 Å². The van der Waals surface area contributed by atoms with Crippen molar-refractivity contribution in [1.29, 1.82) is 0 Å². The third-order valence-corrected chi connectivity index (χ3v) is 2.22. The van der Waals surface area contributed by atoms with Gasteiger partial charge in [0.25, 0.3) is 0 Å². The van der Waals surface area contributed by atoms with E-state index in [9.17, 15) is 0 Å². The van der Waals surface area contributed by atoms with Gasteiger partial charge in [-0.15, -0.1) is 0 Å². The largest absolute Gasteiger partial charge is 0.832 e. The van der Waals surface area contributed by atoms with E-state index in [0.29, 0.717) is 5.88 Å². The van der Waals surface area contributed by atoms with Crippen LogP contribution in [0.1, 0.15) is 0 Å². The van der Waals surface area contributed by atoms with E-state index in [2.05, 4.69) is 4.98 Å². The number of hydrogen-bond acceptors (Lipinski definition) is 2. The molecule has 0 saturated carbocycles. The molecule has 14 heavy (non-hydrogen) atoms. The minimum absolute atomic E-state index is 0.665. The highest BCUT2D eigenvalue weighted by Gasteiger charge is 2.28. The molecule has 3 rings (SSSR count). The SMILES string of the molecule is [B]1Oc2ncccc2-c2cccc[n+]21. The molecule has 1 radical (unpaired) electrons. The Kier molecular flexibility index (Phi) is 1.53. The van der Waals surface area contributed by atoms with Gasteiger partial charge in [0.05, 0.1) is 0 Å². The van der Waals surface area contributed by atoms with E-state index in [1.54, 1.807) is 13.8 Å². The van der Waals surface area contributed by atoms with Gasteiger partial charge in [-0.05, 0) is 24.3 Å². The summed E-state index contributed by atoms with van der Waals surface area (Å²) in [6.45, 7) is 0. The molecule has 0 aromatic carbocycles. The molecule has 0 saturated heterocycles. The highest BCUT2D eigenvalue weighted by atomic mass is 16.4. The van der Waals surface area contributed by atoms with Crippen LogP contribution in [0.25, 0.3) is 11.3 Å². The Hall–Kier alpha value is -1.84. The first-order valence-corrected chi connectivity index (χ1v) is 4.41. The van der Waals surface area contributed by atoms with Gasteiger partial charge < -0.3 is 4.65 Å². The Morgan fingerprint density at radius 2 is 2.21 bits per heavy atom. The Morgan fingerprint density at radius 3 is 3.21 bits per heavy atom. The Morgan fingerprint density at radius 1 is 1.21 bits per heavy atom. The minimum atomic E-state index is 0.665. The summed E-state index contributed by atoms with van der Waals surface area (Å²) in [5, 5.41) is 0. The summed E-state index contributed by atoms with van der Waals surface area (Å²) >= 11 is 0. The second-order valence-electron chi connectivity index (χ2n) is 3.07. The van der Waals surface area contributed by atoms with E-state index < -0.39 is 0 Å². The fourth-order valence-electron chi connectivity index (χ4n) is 1.56. The van der Waals surface area contributed by atoms with Gasteiger partial charge in [0.15, 0.2) is 5.69 Å². The summed E-state index contributed by atoms with van der Waals surface area (Å²) in [5.41, 5.74) is 2.12. The fraction of sp³-hybridized carbons (Fsp3) is 0. The van der Waals surface area contributed by atoms with Gasteiger partial charge in [-0.25, -0.2) is 9.46 Å². The van der Waals surface area contributed by atoms with E-state index in [-0.39, 0.29) is 0 Å². The van der Waals surface area contributed by atoms with Gasteiger partial charge in [0, 0.05) is 12.3 Å². The standard InChI is InChI=1S/C10H7BN2O/c1-2-7-13-9(5-1)8-4-3-6-12-10(8)14-11-13/h1-7H/q+1. The third-order valence-electron chi connectivity index (χ3n) is 2.22. The van der Waals surface area contributed by atoms with Crippen molar-refractivity contribution in [3.8, 4) is 17.1 Å². The van der Waals surface area contributed by atoms with E-state index in [0.717, 1.165) is 11.3 Å². The topological polar surface area (TPSA) is 26.0 Å². The molecule has 3 heterocycles. The highest BCUT2D eigenvalue weighted by Crippen LogP contribution is 2.26. The summed E-state index contributed by atoms with van der Waals surface area (Å²) in [6.07, 6.45) is 3.68. The van der Waals surface area contributed by atoms with Gasteiger partial charge >= 0.3 is 7.62 Å².